The van der Waals surface area contributed by atoms with Crippen molar-refractivity contribution in [3.8, 4) is 17.2 Å². The van der Waals surface area contributed by atoms with Gasteiger partial charge in [-0.3, -0.25) is 14.9 Å². The predicted molar refractivity (Wildman–Crippen MR) is 121 cm³/mol. The molecule has 0 aliphatic heterocycles. The number of nitrogens with zero attached hydrogens (tertiary/aromatic N) is 2. The Labute approximate surface area is 184 Å². The van der Waals surface area contributed by atoms with Gasteiger partial charge in [0.15, 0.2) is 12.2 Å². The van der Waals surface area contributed by atoms with Crippen LogP contribution < -0.4 is 10.1 Å². The first-order chi connectivity index (χ1) is 15.4. The lowest BCUT2D eigenvalue weighted by Gasteiger charge is -2.07. The molecule has 0 spiro atoms. The molecule has 0 radical (unpaired) electrons. The minimum Gasteiger partial charge on any atom is -0.484 e. The Morgan fingerprint density at radius 3 is 2.47 bits per heavy atom. The first-order valence-electron chi connectivity index (χ1n) is 10.1. The molecule has 8 nitrogen and oxygen atoms in total. The third-order valence-corrected chi connectivity index (χ3v) is 4.91. The average Bonchev–Trinajstić information content (AvgIpc) is 3.21. The van der Waals surface area contributed by atoms with Crippen LogP contribution in [-0.2, 0) is 4.79 Å². The molecular weight excluding hydrogens is 410 g/mol. The van der Waals surface area contributed by atoms with Gasteiger partial charge in [-0.1, -0.05) is 26.0 Å². The summed E-state index contributed by atoms with van der Waals surface area (Å²) in [5.41, 5.74) is 3.89. The van der Waals surface area contributed by atoms with Crippen LogP contribution in [0, 0.1) is 10.1 Å². The van der Waals surface area contributed by atoms with E-state index in [1.165, 1.54) is 29.8 Å². The van der Waals surface area contributed by atoms with Gasteiger partial charge in [0.25, 0.3) is 11.6 Å². The number of anilines is 1. The number of nitro benzene ring substituents is 1. The van der Waals surface area contributed by atoms with Crippen LogP contribution in [0.1, 0.15) is 25.3 Å². The molecule has 162 valence electrons. The van der Waals surface area contributed by atoms with Crippen molar-refractivity contribution in [3.05, 3.63) is 82.4 Å². The van der Waals surface area contributed by atoms with E-state index in [-0.39, 0.29) is 18.2 Å². The second kappa shape index (κ2) is 8.89. The highest BCUT2D eigenvalue weighted by molar-refractivity contribution is 5.94. The number of hydrogen-bond acceptors (Lipinski definition) is 6. The molecule has 1 N–H and O–H groups in total. The Hall–Kier alpha value is -4.20. The SMILES string of the molecule is CC(C)c1ccc(-c2nc3cc(NC(=O)COc4ccc([N+](=O)[O-])cc4)ccc3o2)cc1. The van der Waals surface area contributed by atoms with Gasteiger partial charge in [-0.15, -0.1) is 0 Å². The number of fused-ring (bicyclic) bond motifs is 1. The summed E-state index contributed by atoms with van der Waals surface area (Å²) < 4.78 is 11.2. The van der Waals surface area contributed by atoms with Gasteiger partial charge in [0.1, 0.15) is 11.3 Å². The molecule has 1 heterocycles. The molecule has 32 heavy (non-hydrogen) atoms. The van der Waals surface area contributed by atoms with E-state index in [1.807, 2.05) is 12.1 Å². The third kappa shape index (κ3) is 4.75. The maximum absolute atomic E-state index is 12.2. The number of hydrogen-bond donors (Lipinski definition) is 1. The molecule has 1 amide bonds. The summed E-state index contributed by atoms with van der Waals surface area (Å²) in [6.07, 6.45) is 0. The van der Waals surface area contributed by atoms with Crippen LogP contribution in [0.25, 0.3) is 22.6 Å². The zero-order valence-electron chi connectivity index (χ0n) is 17.6. The van der Waals surface area contributed by atoms with Crippen LogP contribution in [0.15, 0.2) is 71.1 Å². The van der Waals surface area contributed by atoms with Crippen molar-refractivity contribution >= 4 is 28.4 Å². The molecule has 1 aromatic heterocycles. The Morgan fingerprint density at radius 2 is 1.81 bits per heavy atom. The quantitative estimate of drug-likeness (QED) is 0.304. The number of nitro groups is 1. The van der Waals surface area contributed by atoms with Crippen LogP contribution in [-0.4, -0.2) is 22.4 Å². The van der Waals surface area contributed by atoms with E-state index < -0.39 is 4.92 Å². The Balaban J connectivity index is 1.41. The number of nitrogens with one attached hydrogen (secondary N) is 1. The fraction of sp³-hybridized carbons (Fsp3) is 0.167. The second-order valence-electron chi connectivity index (χ2n) is 7.57. The minimum absolute atomic E-state index is 0.0436. The number of carbonyl (C=O) groups excluding carboxylic acids is 1. The number of carbonyl (C=O) groups is 1. The van der Waals surface area contributed by atoms with Crippen molar-refractivity contribution in [2.45, 2.75) is 19.8 Å². The number of ether oxygens (including phenoxy) is 1. The number of amides is 1. The van der Waals surface area contributed by atoms with Gasteiger partial charge in [-0.25, -0.2) is 4.98 Å². The molecule has 0 aliphatic carbocycles. The van der Waals surface area contributed by atoms with Crippen molar-refractivity contribution in [3.63, 3.8) is 0 Å². The normalized spacial score (nSPS) is 11.0. The van der Waals surface area contributed by atoms with Gasteiger partial charge < -0.3 is 14.5 Å². The highest BCUT2D eigenvalue weighted by Gasteiger charge is 2.11. The van der Waals surface area contributed by atoms with E-state index in [4.69, 9.17) is 9.15 Å². The standard InChI is InChI=1S/C24H21N3O5/c1-15(2)16-3-5-17(6-4-16)24-26-21-13-18(7-12-22(21)32-24)25-23(28)14-31-20-10-8-19(9-11-20)27(29)30/h3-13,15H,14H2,1-2H3,(H,25,28). The van der Waals surface area contributed by atoms with E-state index in [2.05, 4.69) is 36.3 Å². The summed E-state index contributed by atoms with van der Waals surface area (Å²) in [5.74, 6) is 0.963. The lowest BCUT2D eigenvalue weighted by atomic mass is 10.0. The third-order valence-electron chi connectivity index (χ3n) is 4.91. The average molecular weight is 431 g/mol. The van der Waals surface area contributed by atoms with Crippen molar-refractivity contribution in [2.24, 2.45) is 0 Å². The molecule has 4 aromatic rings. The molecule has 4 rings (SSSR count). The van der Waals surface area contributed by atoms with Gasteiger partial charge in [0.05, 0.1) is 4.92 Å². The van der Waals surface area contributed by atoms with E-state index in [9.17, 15) is 14.9 Å². The van der Waals surface area contributed by atoms with Gasteiger partial charge in [-0.05, 0) is 53.9 Å². The Bertz CT molecular complexity index is 1260. The van der Waals surface area contributed by atoms with Crippen LogP contribution >= 0.6 is 0 Å². The van der Waals surface area contributed by atoms with Crippen molar-refractivity contribution in [1.82, 2.24) is 4.98 Å². The number of aromatic nitrogens is 1. The minimum atomic E-state index is -0.497. The first-order valence-corrected chi connectivity index (χ1v) is 10.1. The van der Waals surface area contributed by atoms with Gasteiger partial charge in [-0.2, -0.15) is 0 Å². The van der Waals surface area contributed by atoms with Crippen molar-refractivity contribution < 1.29 is 18.9 Å². The lowest BCUT2D eigenvalue weighted by molar-refractivity contribution is -0.384. The molecule has 0 saturated carbocycles. The van der Waals surface area contributed by atoms with Crippen LogP contribution in [0.3, 0.4) is 0 Å². The summed E-state index contributed by atoms with van der Waals surface area (Å²) in [6.45, 7) is 4.05. The zero-order chi connectivity index (χ0) is 22.7. The van der Waals surface area contributed by atoms with Gasteiger partial charge in [0.2, 0.25) is 5.89 Å². The second-order valence-corrected chi connectivity index (χ2v) is 7.57. The van der Waals surface area contributed by atoms with Gasteiger partial charge in [0, 0.05) is 23.4 Å². The highest BCUT2D eigenvalue weighted by atomic mass is 16.6. The topological polar surface area (TPSA) is 108 Å². The molecule has 8 heteroatoms. The monoisotopic (exact) mass is 431 g/mol. The molecule has 0 fully saturated rings. The van der Waals surface area contributed by atoms with Crippen molar-refractivity contribution in [1.29, 1.82) is 0 Å². The lowest BCUT2D eigenvalue weighted by Crippen LogP contribution is -2.20. The van der Waals surface area contributed by atoms with E-state index in [1.54, 1.807) is 18.2 Å². The fourth-order valence-electron chi connectivity index (χ4n) is 3.15. The van der Waals surface area contributed by atoms with Crippen LogP contribution in [0.5, 0.6) is 5.75 Å². The smallest absolute Gasteiger partial charge is 0.269 e. The first kappa shape index (κ1) is 21.0. The molecule has 0 atom stereocenters. The summed E-state index contributed by atoms with van der Waals surface area (Å²) in [6, 6.07) is 18.8. The summed E-state index contributed by atoms with van der Waals surface area (Å²) in [5, 5.41) is 13.4. The Kier molecular flexibility index (Phi) is 5.85. The number of non-ortho nitro benzene ring substituents is 1. The van der Waals surface area contributed by atoms with Gasteiger partial charge >= 0.3 is 0 Å². The summed E-state index contributed by atoms with van der Waals surface area (Å²) in [7, 11) is 0. The van der Waals surface area contributed by atoms with E-state index >= 15 is 0 Å². The molecule has 0 aliphatic rings. The van der Waals surface area contributed by atoms with Crippen LogP contribution in [0.4, 0.5) is 11.4 Å². The Morgan fingerprint density at radius 1 is 1.09 bits per heavy atom. The zero-order valence-corrected chi connectivity index (χ0v) is 17.6. The maximum Gasteiger partial charge on any atom is 0.269 e. The van der Waals surface area contributed by atoms with E-state index in [0.29, 0.717) is 34.3 Å². The number of rotatable bonds is 7. The summed E-state index contributed by atoms with van der Waals surface area (Å²) in [4.78, 5) is 26.9. The number of oxazole rings is 1. The molecule has 0 saturated heterocycles. The van der Waals surface area contributed by atoms with Crippen LogP contribution in [0.2, 0.25) is 0 Å². The highest BCUT2D eigenvalue weighted by Crippen LogP contribution is 2.27. The molecule has 0 unspecified atom stereocenters. The van der Waals surface area contributed by atoms with E-state index in [0.717, 1.165) is 5.56 Å². The summed E-state index contributed by atoms with van der Waals surface area (Å²) >= 11 is 0. The predicted octanol–water partition coefficient (Wildman–Crippen LogP) is 5.54. The van der Waals surface area contributed by atoms with Crippen molar-refractivity contribution in [2.75, 3.05) is 11.9 Å². The largest absolute Gasteiger partial charge is 0.484 e. The number of benzene rings is 3. The fourth-order valence-corrected chi connectivity index (χ4v) is 3.15. The molecule has 3 aromatic carbocycles. The molecular formula is C24H21N3O5. The molecule has 0 bridgehead atoms. The maximum atomic E-state index is 12.2.